The predicted octanol–water partition coefficient (Wildman–Crippen LogP) is 3.81. The van der Waals surface area contributed by atoms with E-state index in [1.54, 1.807) is 37.6 Å². The van der Waals surface area contributed by atoms with Crippen molar-refractivity contribution in [2.75, 3.05) is 48.6 Å². The topological polar surface area (TPSA) is 145 Å². The second-order valence-electron chi connectivity index (χ2n) is 10.8. The number of hydrogen-bond donors (Lipinski definition) is 2. The van der Waals surface area contributed by atoms with Gasteiger partial charge >= 0.3 is 0 Å². The van der Waals surface area contributed by atoms with Crippen LogP contribution in [0.25, 0.3) is 11.3 Å². The minimum atomic E-state index is -3.61. The van der Waals surface area contributed by atoms with E-state index in [0.717, 1.165) is 37.9 Å². The van der Waals surface area contributed by atoms with Crippen molar-refractivity contribution < 1.29 is 27.4 Å². The Morgan fingerprint density at radius 3 is 2.56 bits per heavy atom. The second-order valence-corrected chi connectivity index (χ2v) is 12.8. The molecule has 1 amide bonds. The maximum atomic E-state index is 12.6. The number of anilines is 4. The first-order valence-electron chi connectivity index (χ1n) is 13.3. The highest BCUT2D eigenvalue weighted by atomic mass is 32.2. The van der Waals surface area contributed by atoms with Crippen LogP contribution in [-0.2, 0) is 19.4 Å². The van der Waals surface area contributed by atoms with Crippen molar-refractivity contribution >= 4 is 38.8 Å². The number of ether oxygens (including phenoxy) is 3. The molecule has 3 aromatic rings. The van der Waals surface area contributed by atoms with Gasteiger partial charge in [-0.25, -0.2) is 23.4 Å². The van der Waals surface area contributed by atoms with E-state index in [1.165, 1.54) is 6.92 Å². The highest BCUT2D eigenvalue weighted by Crippen LogP contribution is 2.38. The number of carbonyl (C=O) groups is 1. The number of nitrogens with zero attached hydrogens (tertiary/aromatic N) is 4. The third kappa shape index (κ3) is 6.68. The average molecular weight is 583 g/mol. The molecule has 0 bridgehead atoms. The van der Waals surface area contributed by atoms with Crippen molar-refractivity contribution in [1.82, 2.24) is 15.0 Å². The maximum absolute atomic E-state index is 12.6. The van der Waals surface area contributed by atoms with Crippen LogP contribution in [0.1, 0.15) is 33.6 Å². The lowest BCUT2D eigenvalue weighted by atomic mass is 10.1. The number of hydrogen-bond acceptors (Lipinski definition) is 11. The summed E-state index contributed by atoms with van der Waals surface area (Å²) >= 11 is 0. The first kappa shape index (κ1) is 28.6. The monoisotopic (exact) mass is 582 g/mol. The van der Waals surface area contributed by atoms with E-state index in [1.807, 2.05) is 19.9 Å². The Labute approximate surface area is 239 Å². The summed E-state index contributed by atoms with van der Waals surface area (Å²) in [5.74, 6) is 1.24. The van der Waals surface area contributed by atoms with Gasteiger partial charge in [-0.1, -0.05) is 0 Å². The first-order valence-corrected chi connectivity index (χ1v) is 15.2. The van der Waals surface area contributed by atoms with Gasteiger partial charge < -0.3 is 29.7 Å². The molecule has 0 radical (unpaired) electrons. The molecule has 5 heterocycles. The van der Waals surface area contributed by atoms with Crippen LogP contribution in [0.15, 0.2) is 41.6 Å². The molecule has 2 aliphatic heterocycles. The molecule has 0 aliphatic carbocycles. The highest BCUT2D eigenvalue weighted by Gasteiger charge is 2.29. The molecule has 0 aromatic carbocycles. The number of rotatable bonds is 7. The highest BCUT2D eigenvalue weighted by molar-refractivity contribution is 7.90. The summed E-state index contributed by atoms with van der Waals surface area (Å²) in [7, 11) is -1.91. The molecule has 218 valence electrons. The molecule has 5 rings (SSSR count). The minimum Gasteiger partial charge on any atom is -0.479 e. The molecular formula is C28H34N6O6S. The zero-order chi connectivity index (χ0) is 29.4. The van der Waals surface area contributed by atoms with Gasteiger partial charge in [0.2, 0.25) is 5.91 Å². The molecule has 2 N–H and O–H groups in total. The van der Waals surface area contributed by atoms with Crippen molar-refractivity contribution in [3.8, 4) is 22.9 Å². The summed E-state index contributed by atoms with van der Waals surface area (Å²) in [6.07, 6.45) is 4.55. The fraction of sp³-hybridized carbons (Fsp3) is 0.429. The first-order chi connectivity index (χ1) is 19.4. The van der Waals surface area contributed by atoms with Gasteiger partial charge in [-0.05, 0) is 44.9 Å². The van der Waals surface area contributed by atoms with Crippen molar-refractivity contribution in [1.29, 1.82) is 0 Å². The summed E-state index contributed by atoms with van der Waals surface area (Å²) < 4.78 is 42.5. The van der Waals surface area contributed by atoms with Gasteiger partial charge in [0.25, 0.3) is 5.88 Å². The summed E-state index contributed by atoms with van der Waals surface area (Å²) in [5, 5.41) is 5.89. The van der Waals surface area contributed by atoms with Crippen molar-refractivity contribution in [2.24, 2.45) is 0 Å². The SMILES string of the molecule is COC1CCN(c2cc(Nc3cc(NC(C)=O)ncc3-c3ccc4c(n3)OCC(C)(C)O4)nc(S(C)(=O)=O)c2)CC1. The third-order valence-electron chi connectivity index (χ3n) is 6.82. The zero-order valence-corrected chi connectivity index (χ0v) is 24.5. The molecule has 2 aliphatic rings. The Kier molecular flexibility index (Phi) is 7.75. The summed E-state index contributed by atoms with van der Waals surface area (Å²) in [6.45, 7) is 7.04. The van der Waals surface area contributed by atoms with Gasteiger partial charge in [0.1, 0.15) is 23.8 Å². The van der Waals surface area contributed by atoms with Crippen LogP contribution in [0.3, 0.4) is 0 Å². The average Bonchev–Trinajstić information content (AvgIpc) is 2.92. The number of carbonyl (C=O) groups excluding carboxylic acids is 1. The molecule has 0 saturated carbocycles. The fourth-order valence-electron chi connectivity index (χ4n) is 4.76. The molecule has 12 nitrogen and oxygen atoms in total. The lowest BCUT2D eigenvalue weighted by Gasteiger charge is -2.33. The predicted molar refractivity (Wildman–Crippen MR) is 155 cm³/mol. The largest absolute Gasteiger partial charge is 0.479 e. The lowest BCUT2D eigenvalue weighted by molar-refractivity contribution is -0.114. The fourth-order valence-corrected chi connectivity index (χ4v) is 5.35. The smallest absolute Gasteiger partial charge is 0.257 e. The van der Waals surface area contributed by atoms with Gasteiger partial charge in [0.05, 0.1) is 17.5 Å². The third-order valence-corrected chi connectivity index (χ3v) is 7.79. The van der Waals surface area contributed by atoms with Crippen LogP contribution in [-0.4, -0.2) is 74.0 Å². The van der Waals surface area contributed by atoms with Crippen LogP contribution >= 0.6 is 0 Å². The van der Waals surface area contributed by atoms with Gasteiger partial charge in [0.15, 0.2) is 20.6 Å². The zero-order valence-electron chi connectivity index (χ0n) is 23.7. The molecule has 41 heavy (non-hydrogen) atoms. The van der Waals surface area contributed by atoms with E-state index in [2.05, 4.69) is 30.5 Å². The van der Waals surface area contributed by atoms with Crippen LogP contribution in [0.5, 0.6) is 11.6 Å². The van der Waals surface area contributed by atoms with E-state index in [9.17, 15) is 13.2 Å². The van der Waals surface area contributed by atoms with Crippen LogP contribution in [0.4, 0.5) is 23.0 Å². The number of aromatic nitrogens is 3. The number of sulfone groups is 1. The molecule has 13 heteroatoms. The second kappa shape index (κ2) is 11.1. The Morgan fingerprint density at radius 1 is 1.12 bits per heavy atom. The molecule has 1 saturated heterocycles. The summed E-state index contributed by atoms with van der Waals surface area (Å²) in [5.41, 5.74) is 1.89. The van der Waals surface area contributed by atoms with E-state index >= 15 is 0 Å². The Balaban J connectivity index is 1.54. The van der Waals surface area contributed by atoms with Gasteiger partial charge in [-0.3, -0.25) is 4.79 Å². The van der Waals surface area contributed by atoms with E-state index in [-0.39, 0.29) is 17.0 Å². The maximum Gasteiger partial charge on any atom is 0.257 e. The normalized spacial score (nSPS) is 16.8. The van der Waals surface area contributed by atoms with Gasteiger partial charge in [0, 0.05) is 63.0 Å². The van der Waals surface area contributed by atoms with Gasteiger partial charge in [-0.15, -0.1) is 0 Å². The van der Waals surface area contributed by atoms with Crippen molar-refractivity contribution in [3.63, 3.8) is 0 Å². The molecule has 1 fully saturated rings. The van der Waals surface area contributed by atoms with Gasteiger partial charge in [-0.2, -0.15) is 0 Å². The summed E-state index contributed by atoms with van der Waals surface area (Å²) in [4.78, 5) is 27.3. The molecule has 0 atom stereocenters. The van der Waals surface area contributed by atoms with E-state index in [4.69, 9.17) is 14.2 Å². The van der Waals surface area contributed by atoms with Crippen LogP contribution in [0, 0.1) is 0 Å². The molecule has 0 unspecified atom stereocenters. The quantitative estimate of drug-likeness (QED) is 0.419. The Bertz CT molecular complexity index is 1570. The number of pyridine rings is 3. The van der Waals surface area contributed by atoms with E-state index in [0.29, 0.717) is 46.8 Å². The van der Waals surface area contributed by atoms with Crippen LogP contribution < -0.4 is 25.0 Å². The molecular weight excluding hydrogens is 548 g/mol. The van der Waals surface area contributed by atoms with Crippen molar-refractivity contribution in [2.45, 2.75) is 50.3 Å². The standard InChI is InChI=1S/C28H34N6O6S/c1-17(35)30-24-14-22(20(15-29-24)21-6-7-23-27(32-21)39-16-28(2,3)40-23)31-25-12-18(13-26(33-25)41(5,36)37)34-10-8-19(38-4)9-11-34/h6-7,12-15,19H,8-11,16H2,1-5H3,(H2,29,30,31,33,35). The van der Waals surface area contributed by atoms with E-state index < -0.39 is 15.4 Å². The number of amides is 1. The van der Waals surface area contributed by atoms with Crippen LogP contribution in [0.2, 0.25) is 0 Å². The Morgan fingerprint density at radius 2 is 1.88 bits per heavy atom. The summed E-state index contributed by atoms with van der Waals surface area (Å²) in [6, 6.07) is 8.62. The number of methoxy groups -OCH3 is 1. The molecule has 3 aromatic heterocycles. The number of nitrogens with one attached hydrogen (secondary N) is 2. The lowest BCUT2D eigenvalue weighted by Crippen LogP contribution is -2.39. The minimum absolute atomic E-state index is 0.0517. The number of fused-ring (bicyclic) bond motifs is 1. The number of piperidine rings is 1. The van der Waals surface area contributed by atoms with Crippen molar-refractivity contribution in [3.05, 3.63) is 36.5 Å². The molecule has 0 spiro atoms. The Hall–Kier alpha value is -3.97.